The highest BCUT2D eigenvalue weighted by Gasteiger charge is 1.98. The Morgan fingerprint density at radius 3 is 2.38 bits per heavy atom. The first-order valence-electron chi connectivity index (χ1n) is 4.36. The molecule has 1 heterocycles. The second-order valence-electron chi connectivity index (χ2n) is 2.81. The van der Waals surface area contributed by atoms with Crippen molar-refractivity contribution in [3.8, 4) is 0 Å². The zero-order valence-corrected chi connectivity index (χ0v) is 9.32. The van der Waals surface area contributed by atoms with Crippen LogP contribution in [0.15, 0.2) is 40.4 Å². The molecule has 0 unspecified atom stereocenters. The second-order valence-corrected chi connectivity index (χ2v) is 3.90. The number of carbonyl (C=O) groups excluding carboxylic acids is 2. The first-order chi connectivity index (χ1) is 7.76. The lowest BCUT2D eigenvalue weighted by Crippen LogP contribution is -1.75. The number of aryl methyl sites for hydroxylation is 1. The average Bonchev–Trinajstić information content (AvgIpc) is 2.75. The molecule has 0 saturated carbocycles. The molecular weight excluding hydrogens is 226 g/mol. The van der Waals surface area contributed by atoms with Crippen molar-refractivity contribution in [1.29, 1.82) is 0 Å². The molecule has 0 amide bonds. The lowest BCUT2D eigenvalue weighted by atomic mass is 10.2. The van der Waals surface area contributed by atoms with E-state index in [1.54, 1.807) is 18.0 Å². The topological polar surface area (TPSA) is 75.7 Å². The number of aromatic amines is 1. The smallest absolute Gasteiger partial charge is 0.197 e. The molecular formula is C10H9N3O2S. The van der Waals surface area contributed by atoms with E-state index in [2.05, 4.69) is 46.6 Å². The standard InChI is InChI=1S/C9H9N3S.CO2/c1-7-2-4-8(5-3-7)13-9-6-10-12-11-9;2-1-3/h2-6H,1H3,(H,10,11,12);. The number of benzene rings is 1. The molecule has 6 heteroatoms. The number of nitrogens with zero attached hydrogens (tertiary/aromatic N) is 2. The number of rotatable bonds is 2. The number of aromatic nitrogens is 3. The van der Waals surface area contributed by atoms with Gasteiger partial charge in [-0.3, -0.25) is 0 Å². The minimum Gasteiger partial charge on any atom is -0.197 e. The Morgan fingerprint density at radius 1 is 1.25 bits per heavy atom. The van der Waals surface area contributed by atoms with Crippen LogP contribution in [0.1, 0.15) is 5.56 Å². The summed E-state index contributed by atoms with van der Waals surface area (Å²) in [6.07, 6.45) is 1.96. The Kier molecular flexibility index (Phi) is 4.98. The van der Waals surface area contributed by atoms with Crippen LogP contribution in [0.3, 0.4) is 0 Å². The summed E-state index contributed by atoms with van der Waals surface area (Å²) in [5, 5.41) is 11.2. The van der Waals surface area contributed by atoms with E-state index in [9.17, 15) is 0 Å². The molecule has 5 nitrogen and oxygen atoms in total. The van der Waals surface area contributed by atoms with E-state index < -0.39 is 0 Å². The van der Waals surface area contributed by atoms with Gasteiger partial charge in [0.15, 0.2) is 0 Å². The molecule has 1 aromatic carbocycles. The molecule has 1 aromatic heterocycles. The van der Waals surface area contributed by atoms with Crippen molar-refractivity contribution in [3.05, 3.63) is 36.0 Å². The number of H-pyrrole nitrogens is 1. The fraction of sp³-hybridized carbons (Fsp3) is 0.100. The van der Waals surface area contributed by atoms with Gasteiger partial charge in [-0.2, -0.15) is 19.9 Å². The highest BCUT2D eigenvalue weighted by molar-refractivity contribution is 7.99. The molecule has 0 aliphatic carbocycles. The van der Waals surface area contributed by atoms with Crippen molar-refractivity contribution in [1.82, 2.24) is 15.4 Å². The van der Waals surface area contributed by atoms with Crippen molar-refractivity contribution in [2.24, 2.45) is 0 Å². The second kappa shape index (κ2) is 6.55. The molecule has 16 heavy (non-hydrogen) atoms. The van der Waals surface area contributed by atoms with Crippen LogP contribution in [0.2, 0.25) is 0 Å². The third kappa shape index (κ3) is 4.08. The predicted octanol–water partition coefficient (Wildman–Crippen LogP) is 1.68. The molecule has 0 saturated heterocycles. The van der Waals surface area contributed by atoms with Gasteiger partial charge in [0, 0.05) is 4.90 Å². The SMILES string of the molecule is Cc1ccc(Sc2cn[nH]n2)cc1.O=C=O. The van der Waals surface area contributed by atoms with E-state index in [1.165, 1.54) is 10.5 Å². The van der Waals surface area contributed by atoms with Gasteiger partial charge in [0.2, 0.25) is 0 Å². The fourth-order valence-electron chi connectivity index (χ4n) is 0.967. The molecule has 0 aliphatic rings. The fourth-order valence-corrected chi connectivity index (χ4v) is 1.67. The van der Waals surface area contributed by atoms with Crippen LogP contribution in [0.25, 0.3) is 0 Å². The molecule has 2 aromatic rings. The quantitative estimate of drug-likeness (QED) is 0.857. The molecule has 0 bridgehead atoms. The maximum Gasteiger partial charge on any atom is 0.373 e. The summed E-state index contributed by atoms with van der Waals surface area (Å²) in [4.78, 5) is 17.4. The van der Waals surface area contributed by atoms with Crippen LogP contribution >= 0.6 is 11.8 Å². The first-order valence-corrected chi connectivity index (χ1v) is 5.17. The lowest BCUT2D eigenvalue weighted by molar-refractivity contribution is -0.191. The highest BCUT2D eigenvalue weighted by atomic mass is 32.2. The van der Waals surface area contributed by atoms with Gasteiger partial charge in [0.1, 0.15) is 5.03 Å². The normalized spacial score (nSPS) is 8.81. The van der Waals surface area contributed by atoms with Crippen molar-refractivity contribution in [2.45, 2.75) is 16.8 Å². The Labute approximate surface area is 96.3 Å². The molecule has 0 aliphatic heterocycles. The summed E-state index contributed by atoms with van der Waals surface area (Å²) in [5.74, 6) is 0. The molecule has 0 spiro atoms. The monoisotopic (exact) mass is 235 g/mol. The van der Waals surface area contributed by atoms with Gasteiger partial charge in [0.05, 0.1) is 6.20 Å². The summed E-state index contributed by atoms with van der Waals surface area (Å²) in [7, 11) is 0. The Bertz CT molecular complexity index is 447. The number of hydrogen-bond acceptors (Lipinski definition) is 5. The van der Waals surface area contributed by atoms with E-state index in [0.29, 0.717) is 0 Å². The molecule has 2 rings (SSSR count). The van der Waals surface area contributed by atoms with E-state index in [1.807, 2.05) is 0 Å². The molecule has 0 atom stereocenters. The van der Waals surface area contributed by atoms with Crippen LogP contribution in [0, 0.1) is 6.92 Å². The lowest BCUT2D eigenvalue weighted by Gasteiger charge is -1.96. The van der Waals surface area contributed by atoms with Crippen LogP contribution in [0.5, 0.6) is 0 Å². The van der Waals surface area contributed by atoms with E-state index in [-0.39, 0.29) is 6.15 Å². The van der Waals surface area contributed by atoms with Gasteiger partial charge in [-0.15, -0.1) is 5.10 Å². The zero-order valence-electron chi connectivity index (χ0n) is 8.51. The first kappa shape index (κ1) is 12.2. The van der Waals surface area contributed by atoms with Crippen LogP contribution < -0.4 is 0 Å². The van der Waals surface area contributed by atoms with Gasteiger partial charge < -0.3 is 0 Å². The summed E-state index contributed by atoms with van der Waals surface area (Å²) >= 11 is 1.60. The average molecular weight is 235 g/mol. The van der Waals surface area contributed by atoms with Crippen molar-refractivity contribution >= 4 is 17.9 Å². The third-order valence-corrected chi connectivity index (χ3v) is 2.55. The zero-order chi connectivity index (χ0) is 11.8. The highest BCUT2D eigenvalue weighted by Crippen LogP contribution is 2.24. The number of hydrogen-bond donors (Lipinski definition) is 1. The molecule has 0 radical (unpaired) electrons. The van der Waals surface area contributed by atoms with Crippen molar-refractivity contribution in [2.75, 3.05) is 0 Å². The summed E-state index contributed by atoms with van der Waals surface area (Å²) < 4.78 is 0. The van der Waals surface area contributed by atoms with Gasteiger partial charge in [0.25, 0.3) is 0 Å². The molecule has 82 valence electrons. The summed E-state index contributed by atoms with van der Waals surface area (Å²) in [6.45, 7) is 2.07. The largest absolute Gasteiger partial charge is 0.373 e. The third-order valence-electron chi connectivity index (χ3n) is 1.64. The van der Waals surface area contributed by atoms with Crippen LogP contribution in [-0.2, 0) is 9.59 Å². The van der Waals surface area contributed by atoms with Gasteiger partial charge >= 0.3 is 6.15 Å². The Balaban J connectivity index is 0.000000386. The maximum atomic E-state index is 8.12. The van der Waals surface area contributed by atoms with E-state index in [0.717, 1.165) is 5.03 Å². The summed E-state index contributed by atoms with van der Waals surface area (Å²) in [5.41, 5.74) is 1.27. The van der Waals surface area contributed by atoms with Gasteiger partial charge in [-0.1, -0.05) is 29.5 Å². The maximum absolute atomic E-state index is 8.12. The Hall–Kier alpha value is -1.91. The molecule has 1 N–H and O–H groups in total. The molecule has 0 fully saturated rings. The van der Waals surface area contributed by atoms with E-state index >= 15 is 0 Å². The number of nitrogens with one attached hydrogen (secondary N) is 1. The van der Waals surface area contributed by atoms with Gasteiger partial charge in [-0.05, 0) is 19.1 Å². The van der Waals surface area contributed by atoms with E-state index in [4.69, 9.17) is 9.59 Å². The minimum atomic E-state index is 0.250. The van der Waals surface area contributed by atoms with Crippen LogP contribution in [0.4, 0.5) is 0 Å². The summed E-state index contributed by atoms with van der Waals surface area (Å²) in [6, 6.07) is 8.33. The Morgan fingerprint density at radius 2 is 1.88 bits per heavy atom. The van der Waals surface area contributed by atoms with Crippen LogP contribution in [-0.4, -0.2) is 21.6 Å². The van der Waals surface area contributed by atoms with Crippen molar-refractivity contribution < 1.29 is 9.59 Å². The van der Waals surface area contributed by atoms with Crippen molar-refractivity contribution in [3.63, 3.8) is 0 Å². The predicted molar refractivity (Wildman–Crippen MR) is 56.7 cm³/mol. The van der Waals surface area contributed by atoms with Gasteiger partial charge in [-0.25, -0.2) is 0 Å². The minimum absolute atomic E-state index is 0.250.